The van der Waals surface area contributed by atoms with E-state index in [1.165, 1.54) is 0 Å². The molecule has 1 aromatic rings. The fourth-order valence-electron chi connectivity index (χ4n) is 2.70. The van der Waals surface area contributed by atoms with E-state index in [9.17, 15) is 4.79 Å². The number of carboxylic acid groups (broad SMARTS) is 1. The third kappa shape index (κ3) is 2.91. The van der Waals surface area contributed by atoms with Crippen molar-refractivity contribution in [3.8, 4) is 11.8 Å². The van der Waals surface area contributed by atoms with Gasteiger partial charge in [0.2, 0.25) is 0 Å². The number of carboxylic acids is 1. The van der Waals surface area contributed by atoms with E-state index in [2.05, 4.69) is 11.0 Å². The van der Waals surface area contributed by atoms with E-state index in [1.807, 2.05) is 19.1 Å². The van der Waals surface area contributed by atoms with E-state index in [0.717, 1.165) is 12.1 Å². The van der Waals surface area contributed by atoms with E-state index in [4.69, 9.17) is 15.1 Å². The van der Waals surface area contributed by atoms with Crippen LogP contribution in [-0.2, 0) is 11.3 Å². The largest absolute Gasteiger partial charge is 0.495 e. The van der Waals surface area contributed by atoms with E-state index in [-0.39, 0.29) is 11.8 Å². The van der Waals surface area contributed by atoms with Gasteiger partial charge >= 0.3 is 5.97 Å². The molecular formula is C15H18N2O3. The Balaban J connectivity index is 2.08. The summed E-state index contributed by atoms with van der Waals surface area (Å²) < 4.78 is 5.19. The van der Waals surface area contributed by atoms with Crippen molar-refractivity contribution >= 4 is 5.97 Å². The van der Waals surface area contributed by atoms with Gasteiger partial charge in [-0.25, -0.2) is 0 Å². The van der Waals surface area contributed by atoms with Crippen molar-refractivity contribution in [1.29, 1.82) is 5.26 Å². The fourth-order valence-corrected chi connectivity index (χ4v) is 2.70. The summed E-state index contributed by atoms with van der Waals surface area (Å²) in [5, 5.41) is 18.1. The summed E-state index contributed by atoms with van der Waals surface area (Å²) in [5.41, 5.74) is 1.54. The Morgan fingerprint density at radius 3 is 2.85 bits per heavy atom. The summed E-state index contributed by atoms with van der Waals surface area (Å²) in [6.07, 6.45) is 0. The van der Waals surface area contributed by atoms with Crippen molar-refractivity contribution < 1.29 is 14.6 Å². The number of ether oxygens (including phenoxy) is 1. The first-order chi connectivity index (χ1) is 9.55. The zero-order valence-electron chi connectivity index (χ0n) is 11.7. The minimum absolute atomic E-state index is 0.160. The Morgan fingerprint density at radius 2 is 2.30 bits per heavy atom. The molecule has 0 spiro atoms. The maximum atomic E-state index is 11.1. The first-order valence-electron chi connectivity index (χ1n) is 6.57. The van der Waals surface area contributed by atoms with Crippen molar-refractivity contribution in [2.75, 3.05) is 20.2 Å². The molecule has 0 bridgehead atoms. The zero-order chi connectivity index (χ0) is 14.7. The Bertz CT molecular complexity index is 551. The summed E-state index contributed by atoms with van der Waals surface area (Å²) >= 11 is 0. The molecule has 1 saturated heterocycles. The van der Waals surface area contributed by atoms with Gasteiger partial charge in [-0.2, -0.15) is 5.26 Å². The van der Waals surface area contributed by atoms with Crippen molar-refractivity contribution in [3.63, 3.8) is 0 Å². The van der Waals surface area contributed by atoms with E-state index < -0.39 is 5.97 Å². The van der Waals surface area contributed by atoms with Crippen LogP contribution in [0, 0.1) is 23.2 Å². The summed E-state index contributed by atoms with van der Waals surface area (Å²) in [6.45, 7) is 3.99. The van der Waals surface area contributed by atoms with Crippen LogP contribution in [0.4, 0.5) is 0 Å². The third-order valence-corrected chi connectivity index (χ3v) is 3.80. The molecule has 1 aliphatic heterocycles. The van der Waals surface area contributed by atoms with Crippen LogP contribution in [0.2, 0.25) is 0 Å². The van der Waals surface area contributed by atoms with E-state index in [1.54, 1.807) is 13.2 Å². The number of rotatable bonds is 4. The number of hydrogen-bond donors (Lipinski definition) is 1. The highest BCUT2D eigenvalue weighted by molar-refractivity contribution is 5.71. The molecular weight excluding hydrogens is 256 g/mol. The summed E-state index contributed by atoms with van der Waals surface area (Å²) in [7, 11) is 1.54. The Hall–Kier alpha value is -2.06. The van der Waals surface area contributed by atoms with E-state index in [0.29, 0.717) is 24.4 Å². The van der Waals surface area contributed by atoms with Crippen LogP contribution in [0.25, 0.3) is 0 Å². The minimum atomic E-state index is -0.725. The van der Waals surface area contributed by atoms with Gasteiger partial charge in [0.15, 0.2) is 0 Å². The van der Waals surface area contributed by atoms with Crippen LogP contribution in [0.3, 0.4) is 0 Å². The lowest BCUT2D eigenvalue weighted by atomic mass is 9.99. The average molecular weight is 274 g/mol. The fraction of sp³-hybridized carbons (Fsp3) is 0.467. The van der Waals surface area contributed by atoms with Gasteiger partial charge < -0.3 is 9.84 Å². The van der Waals surface area contributed by atoms with Gasteiger partial charge in [-0.3, -0.25) is 9.69 Å². The van der Waals surface area contributed by atoms with Crippen LogP contribution in [-0.4, -0.2) is 36.2 Å². The molecule has 0 aliphatic carbocycles. The second-order valence-electron chi connectivity index (χ2n) is 5.26. The summed E-state index contributed by atoms with van der Waals surface area (Å²) in [5.74, 6) is -0.299. The number of likely N-dealkylation sites (tertiary alicyclic amines) is 1. The first kappa shape index (κ1) is 14.4. The number of carbonyl (C=O) groups is 1. The molecule has 1 aromatic carbocycles. The summed E-state index contributed by atoms with van der Waals surface area (Å²) in [4.78, 5) is 13.2. The molecule has 5 heteroatoms. The first-order valence-corrected chi connectivity index (χ1v) is 6.57. The lowest BCUT2D eigenvalue weighted by Crippen LogP contribution is -2.23. The number of benzene rings is 1. The lowest BCUT2D eigenvalue weighted by Gasteiger charge is -2.16. The Labute approximate surface area is 118 Å². The molecule has 1 N–H and O–H groups in total. The molecule has 0 amide bonds. The van der Waals surface area contributed by atoms with Gasteiger partial charge in [0.25, 0.3) is 0 Å². The molecule has 0 saturated carbocycles. The second-order valence-corrected chi connectivity index (χ2v) is 5.26. The topological polar surface area (TPSA) is 73.6 Å². The number of aliphatic carboxylic acids is 1. The normalized spacial score (nSPS) is 22.4. The van der Waals surface area contributed by atoms with Crippen LogP contribution < -0.4 is 4.74 Å². The van der Waals surface area contributed by atoms with Gasteiger partial charge in [0, 0.05) is 19.6 Å². The monoisotopic (exact) mass is 274 g/mol. The Kier molecular flexibility index (Phi) is 4.26. The lowest BCUT2D eigenvalue weighted by molar-refractivity contribution is -0.142. The summed E-state index contributed by atoms with van der Waals surface area (Å²) in [6, 6.07) is 7.55. The molecule has 1 aliphatic rings. The minimum Gasteiger partial charge on any atom is -0.495 e. The van der Waals surface area contributed by atoms with Gasteiger partial charge in [0.05, 0.1) is 18.6 Å². The standard InChI is InChI=1S/C15H18N2O3/c1-10-7-17(9-13(10)15(18)19)8-11-3-4-12(6-16)14(5-11)20-2/h3-5,10,13H,7-9H2,1-2H3,(H,18,19)/t10-,13-/m1/s1. The molecule has 1 heterocycles. The molecule has 0 unspecified atom stereocenters. The third-order valence-electron chi connectivity index (χ3n) is 3.80. The van der Waals surface area contributed by atoms with Crippen molar-refractivity contribution in [1.82, 2.24) is 4.90 Å². The van der Waals surface area contributed by atoms with Gasteiger partial charge in [-0.05, 0) is 23.6 Å². The van der Waals surface area contributed by atoms with Crippen LogP contribution in [0.5, 0.6) is 5.75 Å². The number of methoxy groups -OCH3 is 1. The predicted octanol–water partition coefficient (Wildman–Crippen LogP) is 1.72. The van der Waals surface area contributed by atoms with Crippen molar-refractivity contribution in [3.05, 3.63) is 29.3 Å². The van der Waals surface area contributed by atoms with Crippen molar-refractivity contribution in [2.45, 2.75) is 13.5 Å². The quantitative estimate of drug-likeness (QED) is 0.905. The average Bonchev–Trinajstić information content (AvgIpc) is 2.79. The van der Waals surface area contributed by atoms with Gasteiger partial charge in [0.1, 0.15) is 11.8 Å². The molecule has 2 rings (SSSR count). The second kappa shape index (κ2) is 5.93. The van der Waals surface area contributed by atoms with Gasteiger partial charge in [-0.1, -0.05) is 13.0 Å². The number of hydrogen-bond acceptors (Lipinski definition) is 4. The molecule has 2 atom stereocenters. The molecule has 20 heavy (non-hydrogen) atoms. The molecule has 5 nitrogen and oxygen atoms in total. The number of nitriles is 1. The van der Waals surface area contributed by atoms with Crippen molar-refractivity contribution in [2.24, 2.45) is 11.8 Å². The van der Waals surface area contributed by atoms with E-state index >= 15 is 0 Å². The molecule has 0 aromatic heterocycles. The predicted molar refractivity (Wildman–Crippen MR) is 73.3 cm³/mol. The molecule has 0 radical (unpaired) electrons. The smallest absolute Gasteiger partial charge is 0.308 e. The number of nitrogens with zero attached hydrogens (tertiary/aromatic N) is 2. The van der Waals surface area contributed by atoms with Crippen LogP contribution in [0.15, 0.2) is 18.2 Å². The highest BCUT2D eigenvalue weighted by Crippen LogP contribution is 2.26. The maximum absolute atomic E-state index is 11.1. The zero-order valence-corrected chi connectivity index (χ0v) is 11.7. The highest BCUT2D eigenvalue weighted by atomic mass is 16.5. The molecule has 1 fully saturated rings. The molecule has 106 valence electrons. The maximum Gasteiger partial charge on any atom is 0.308 e. The van der Waals surface area contributed by atoms with Gasteiger partial charge in [-0.15, -0.1) is 0 Å². The highest BCUT2D eigenvalue weighted by Gasteiger charge is 2.34. The van der Waals surface area contributed by atoms with Crippen LogP contribution >= 0.6 is 0 Å². The van der Waals surface area contributed by atoms with Crippen LogP contribution in [0.1, 0.15) is 18.1 Å². The SMILES string of the molecule is COc1cc(CN2C[C@@H](C)[C@H](C(=O)O)C2)ccc1C#N. The Morgan fingerprint density at radius 1 is 1.55 bits per heavy atom.